The first-order chi connectivity index (χ1) is 8.86. The largest absolute Gasteiger partial charge is 0.0711 e. The van der Waals surface area contributed by atoms with E-state index in [4.69, 9.17) is 0 Å². The zero-order valence-electron chi connectivity index (χ0n) is 9.94. The lowest BCUT2D eigenvalue weighted by Gasteiger charge is -2.06. The molecule has 0 bridgehead atoms. The van der Waals surface area contributed by atoms with Crippen LogP contribution in [0.3, 0.4) is 0 Å². The van der Waals surface area contributed by atoms with Gasteiger partial charge in [-0.15, -0.1) is 0 Å². The highest BCUT2D eigenvalue weighted by atomic mass is 79.9. The molecule has 0 heterocycles. The van der Waals surface area contributed by atoms with Crippen molar-refractivity contribution in [2.75, 3.05) is 0 Å². The fourth-order valence-corrected chi connectivity index (χ4v) is 3.07. The van der Waals surface area contributed by atoms with Gasteiger partial charge in [0.15, 0.2) is 0 Å². The maximum Gasteiger partial charge on any atom is 0.0291 e. The minimum atomic E-state index is 0.995. The molecular weight excluding hydrogens is 284 g/mol. The third-order valence-corrected chi connectivity index (χ3v) is 4.12. The average Bonchev–Trinajstić information content (AvgIpc) is 2.83. The maximum absolute atomic E-state index is 3.76. The maximum atomic E-state index is 3.76. The Morgan fingerprint density at radius 2 is 1.28 bits per heavy atom. The van der Waals surface area contributed by atoms with Crippen LogP contribution in [0.25, 0.3) is 11.1 Å². The van der Waals surface area contributed by atoms with Crippen LogP contribution in [-0.4, -0.2) is 0 Å². The van der Waals surface area contributed by atoms with E-state index in [-0.39, 0.29) is 0 Å². The molecule has 0 saturated carbocycles. The van der Waals surface area contributed by atoms with Gasteiger partial charge in [-0.25, -0.2) is 0 Å². The predicted octanol–water partition coefficient (Wildman–Crippen LogP) is 5.28. The highest BCUT2D eigenvalue weighted by Crippen LogP contribution is 2.41. The van der Waals surface area contributed by atoms with Gasteiger partial charge in [-0.3, -0.25) is 0 Å². The molecule has 2 aromatic carbocycles. The highest BCUT2D eigenvalue weighted by molar-refractivity contribution is 9.12. The Labute approximate surface area is 116 Å². The summed E-state index contributed by atoms with van der Waals surface area (Å²) in [6, 6.07) is 21.1. The summed E-state index contributed by atoms with van der Waals surface area (Å²) in [4.78, 5) is 0. The van der Waals surface area contributed by atoms with Crippen LogP contribution in [-0.2, 0) is 0 Å². The molecule has 2 aromatic rings. The molecule has 0 aliphatic heterocycles. The van der Waals surface area contributed by atoms with E-state index in [9.17, 15) is 0 Å². The third-order valence-electron chi connectivity index (χ3n) is 3.22. The summed E-state index contributed by atoms with van der Waals surface area (Å²) < 4.78 is 1.22. The SMILES string of the molecule is BrC1=C(c2ccccc2)CC=C1c1ccccc1. The smallest absolute Gasteiger partial charge is 0.0291 e. The van der Waals surface area contributed by atoms with E-state index in [1.807, 2.05) is 0 Å². The first-order valence-electron chi connectivity index (χ1n) is 6.06. The van der Waals surface area contributed by atoms with Crippen LogP contribution in [0.5, 0.6) is 0 Å². The van der Waals surface area contributed by atoms with Gasteiger partial charge in [0.2, 0.25) is 0 Å². The van der Waals surface area contributed by atoms with E-state index in [1.54, 1.807) is 0 Å². The molecule has 0 saturated heterocycles. The minimum absolute atomic E-state index is 0.995. The Balaban J connectivity index is 2.00. The Hall–Kier alpha value is -1.60. The Morgan fingerprint density at radius 3 is 1.89 bits per heavy atom. The molecule has 0 amide bonds. The van der Waals surface area contributed by atoms with E-state index < -0.39 is 0 Å². The van der Waals surface area contributed by atoms with Crippen LogP contribution >= 0.6 is 15.9 Å². The fraction of sp³-hybridized carbons (Fsp3) is 0.0588. The van der Waals surface area contributed by atoms with E-state index >= 15 is 0 Å². The van der Waals surface area contributed by atoms with Gasteiger partial charge < -0.3 is 0 Å². The molecule has 0 spiro atoms. The lowest BCUT2D eigenvalue weighted by molar-refractivity contribution is 1.43. The molecule has 0 fully saturated rings. The topological polar surface area (TPSA) is 0 Å². The van der Waals surface area contributed by atoms with Crippen LogP contribution in [0.2, 0.25) is 0 Å². The second kappa shape index (κ2) is 4.95. The second-order valence-electron chi connectivity index (χ2n) is 4.35. The quantitative estimate of drug-likeness (QED) is 0.707. The monoisotopic (exact) mass is 296 g/mol. The summed E-state index contributed by atoms with van der Waals surface area (Å²) in [6.07, 6.45) is 3.29. The molecule has 88 valence electrons. The number of benzene rings is 2. The van der Waals surface area contributed by atoms with Gasteiger partial charge >= 0.3 is 0 Å². The lowest BCUT2D eigenvalue weighted by atomic mass is 10.0. The van der Waals surface area contributed by atoms with Crippen LogP contribution in [0.15, 0.2) is 71.2 Å². The van der Waals surface area contributed by atoms with Crippen LogP contribution in [0.4, 0.5) is 0 Å². The summed E-state index contributed by atoms with van der Waals surface area (Å²) in [7, 11) is 0. The van der Waals surface area contributed by atoms with Crippen LogP contribution in [0, 0.1) is 0 Å². The van der Waals surface area contributed by atoms with Gasteiger partial charge in [0.1, 0.15) is 0 Å². The molecule has 0 radical (unpaired) electrons. The third kappa shape index (κ3) is 2.06. The molecule has 0 unspecified atom stereocenters. The molecule has 18 heavy (non-hydrogen) atoms. The van der Waals surface area contributed by atoms with E-state index in [1.165, 1.54) is 26.8 Å². The zero-order valence-corrected chi connectivity index (χ0v) is 11.5. The average molecular weight is 297 g/mol. The number of halogens is 1. The Morgan fingerprint density at radius 1 is 0.722 bits per heavy atom. The van der Waals surface area contributed by atoms with Gasteiger partial charge in [0.05, 0.1) is 0 Å². The van der Waals surface area contributed by atoms with Crippen molar-refractivity contribution < 1.29 is 0 Å². The van der Waals surface area contributed by atoms with E-state index in [0.29, 0.717) is 0 Å². The molecule has 0 aromatic heterocycles. The van der Waals surface area contributed by atoms with Gasteiger partial charge in [-0.2, -0.15) is 0 Å². The standard InChI is InChI=1S/C17H13Br/c18-17-15(13-7-3-1-4-8-13)11-12-16(17)14-9-5-2-6-10-14/h1-11H,12H2. The first-order valence-corrected chi connectivity index (χ1v) is 6.85. The molecular formula is C17H13Br. The first kappa shape index (κ1) is 11.5. The van der Waals surface area contributed by atoms with E-state index in [0.717, 1.165) is 6.42 Å². The molecule has 3 rings (SSSR count). The fourth-order valence-electron chi connectivity index (χ4n) is 2.29. The van der Waals surface area contributed by atoms with Crippen molar-refractivity contribution >= 4 is 27.1 Å². The van der Waals surface area contributed by atoms with Crippen molar-refractivity contribution in [1.29, 1.82) is 0 Å². The van der Waals surface area contributed by atoms with Crippen LogP contribution in [0.1, 0.15) is 17.5 Å². The summed E-state index contributed by atoms with van der Waals surface area (Å²) in [5.41, 5.74) is 5.24. The zero-order chi connectivity index (χ0) is 12.4. The highest BCUT2D eigenvalue weighted by Gasteiger charge is 2.17. The van der Waals surface area contributed by atoms with Crippen molar-refractivity contribution in [1.82, 2.24) is 0 Å². The molecule has 0 atom stereocenters. The lowest BCUT2D eigenvalue weighted by Crippen LogP contribution is -1.83. The minimum Gasteiger partial charge on any atom is -0.0711 e. The number of hydrogen-bond donors (Lipinski definition) is 0. The molecule has 1 heteroatoms. The number of hydrogen-bond acceptors (Lipinski definition) is 0. The van der Waals surface area contributed by atoms with Crippen molar-refractivity contribution in [2.24, 2.45) is 0 Å². The number of rotatable bonds is 2. The summed E-state index contributed by atoms with van der Waals surface area (Å²) >= 11 is 3.76. The van der Waals surface area contributed by atoms with E-state index in [2.05, 4.69) is 82.7 Å². The Bertz CT molecular complexity index is 564. The van der Waals surface area contributed by atoms with Gasteiger partial charge in [0.25, 0.3) is 0 Å². The molecule has 1 aliphatic carbocycles. The Kier molecular flexibility index (Phi) is 3.16. The van der Waals surface area contributed by atoms with Gasteiger partial charge in [-0.05, 0) is 44.6 Å². The van der Waals surface area contributed by atoms with Crippen molar-refractivity contribution in [2.45, 2.75) is 6.42 Å². The second-order valence-corrected chi connectivity index (χ2v) is 5.14. The normalized spacial score (nSPS) is 14.8. The molecule has 1 aliphatic rings. The van der Waals surface area contributed by atoms with Gasteiger partial charge in [0, 0.05) is 4.48 Å². The number of allylic oxidation sites excluding steroid dienone is 4. The van der Waals surface area contributed by atoms with Crippen molar-refractivity contribution in [3.05, 3.63) is 82.3 Å². The summed E-state index contributed by atoms with van der Waals surface area (Å²) in [6.45, 7) is 0. The van der Waals surface area contributed by atoms with Gasteiger partial charge in [-0.1, -0.05) is 66.7 Å². The van der Waals surface area contributed by atoms with Crippen molar-refractivity contribution in [3.8, 4) is 0 Å². The summed E-state index contributed by atoms with van der Waals surface area (Å²) in [5.74, 6) is 0. The van der Waals surface area contributed by atoms with Crippen LogP contribution < -0.4 is 0 Å². The summed E-state index contributed by atoms with van der Waals surface area (Å²) in [5, 5.41) is 0. The van der Waals surface area contributed by atoms with Crippen molar-refractivity contribution in [3.63, 3.8) is 0 Å². The molecule has 0 N–H and O–H groups in total. The molecule has 0 nitrogen and oxygen atoms in total. The predicted molar refractivity (Wildman–Crippen MR) is 81.3 cm³/mol.